The summed E-state index contributed by atoms with van der Waals surface area (Å²) in [6.45, 7) is 3.03. The van der Waals surface area contributed by atoms with E-state index in [0.717, 1.165) is 62.6 Å². The summed E-state index contributed by atoms with van der Waals surface area (Å²) in [6, 6.07) is 18.3. The molecule has 5 nitrogen and oxygen atoms in total. The van der Waals surface area contributed by atoms with Crippen molar-refractivity contribution in [1.29, 1.82) is 0 Å². The number of hydrogen-bond donors (Lipinski definition) is 1. The highest BCUT2D eigenvalue weighted by Gasteiger charge is 2.47. The molecule has 1 amide bonds. The molecule has 1 aliphatic heterocycles. The van der Waals surface area contributed by atoms with Crippen molar-refractivity contribution in [3.63, 3.8) is 0 Å². The molecule has 1 saturated carbocycles. The van der Waals surface area contributed by atoms with Gasteiger partial charge in [-0.3, -0.25) is 9.78 Å². The largest absolute Gasteiger partial charge is 0.493 e. The second kappa shape index (κ2) is 9.55. The molecule has 187 valence electrons. The highest BCUT2D eigenvalue weighted by molar-refractivity contribution is 7.19. The number of rotatable bonds is 7. The van der Waals surface area contributed by atoms with Gasteiger partial charge in [0.05, 0.1) is 31.4 Å². The summed E-state index contributed by atoms with van der Waals surface area (Å²) in [5.41, 5.74) is 4.08. The third-order valence-corrected chi connectivity index (χ3v) is 9.39. The van der Waals surface area contributed by atoms with Gasteiger partial charge in [-0.15, -0.1) is 11.3 Å². The number of amides is 1. The lowest BCUT2D eigenvalue weighted by Crippen LogP contribution is -2.53. The van der Waals surface area contributed by atoms with E-state index in [9.17, 15) is 4.79 Å². The van der Waals surface area contributed by atoms with E-state index < -0.39 is 5.54 Å². The molecule has 2 aromatic heterocycles. The molecular formula is C29H27ClN3O2SSi. The van der Waals surface area contributed by atoms with E-state index in [4.69, 9.17) is 16.3 Å². The Balaban J connectivity index is 1.30. The molecule has 1 saturated heterocycles. The number of halogens is 1. The van der Waals surface area contributed by atoms with Crippen molar-refractivity contribution in [3.05, 3.63) is 81.8 Å². The maximum absolute atomic E-state index is 13.7. The van der Waals surface area contributed by atoms with Crippen LogP contribution in [-0.4, -0.2) is 51.4 Å². The molecule has 2 atom stereocenters. The van der Waals surface area contributed by atoms with Gasteiger partial charge in [0.2, 0.25) is 0 Å². The zero-order valence-corrected chi connectivity index (χ0v) is 23.3. The Bertz CT molecular complexity index is 1500. The summed E-state index contributed by atoms with van der Waals surface area (Å²) >= 11 is 7.78. The number of fused-ring (bicyclic) bond motifs is 1. The van der Waals surface area contributed by atoms with Gasteiger partial charge in [-0.25, -0.2) is 0 Å². The first-order chi connectivity index (χ1) is 17.8. The van der Waals surface area contributed by atoms with E-state index in [1.54, 1.807) is 11.3 Å². The van der Waals surface area contributed by atoms with E-state index in [0.29, 0.717) is 17.4 Å². The van der Waals surface area contributed by atoms with Crippen LogP contribution in [0, 0.1) is 6.92 Å². The number of carbonyl (C=O) groups is 1. The Morgan fingerprint density at radius 1 is 1.24 bits per heavy atom. The lowest BCUT2D eigenvalue weighted by atomic mass is 9.95. The number of ether oxygens (including phenoxy) is 1. The monoisotopic (exact) mass is 544 g/mol. The number of hydrogen-bond acceptors (Lipinski definition) is 5. The Kier molecular flexibility index (Phi) is 6.35. The zero-order valence-electron chi connectivity index (χ0n) is 20.8. The standard InChI is InChI=1S/C29H27ClN3O2SSi/c1-17-5-6-19(35-28(37)24-9-13-33(24)2)16-21(17)27(34)32-29(10-11-29)22-14-18(25-7-8-26(30)36-25)15-23-20(22)4-3-12-31-23/h3-8,12,14-16,24,28H,9-11,13H2,1-2H3,(H,32,34)/t24-,28-/m0/s1. The van der Waals surface area contributed by atoms with Crippen molar-refractivity contribution in [1.82, 2.24) is 15.2 Å². The van der Waals surface area contributed by atoms with Crippen LogP contribution in [0.4, 0.5) is 0 Å². The fourth-order valence-corrected chi connectivity index (χ4v) is 6.71. The number of aromatic nitrogens is 1. The van der Waals surface area contributed by atoms with Gasteiger partial charge in [0, 0.05) is 28.1 Å². The van der Waals surface area contributed by atoms with Gasteiger partial charge in [-0.1, -0.05) is 23.7 Å². The number of nitrogens with zero attached hydrogens (tertiary/aromatic N) is 2. The molecule has 37 heavy (non-hydrogen) atoms. The Morgan fingerprint density at radius 3 is 2.76 bits per heavy atom. The minimum atomic E-state index is -0.426. The highest BCUT2D eigenvalue weighted by atomic mass is 35.5. The Morgan fingerprint density at radius 2 is 2.08 bits per heavy atom. The van der Waals surface area contributed by atoms with E-state index >= 15 is 0 Å². The van der Waals surface area contributed by atoms with Gasteiger partial charge < -0.3 is 15.0 Å². The van der Waals surface area contributed by atoms with Crippen LogP contribution in [0.5, 0.6) is 5.75 Å². The van der Waals surface area contributed by atoms with E-state index in [-0.39, 0.29) is 11.6 Å². The van der Waals surface area contributed by atoms with E-state index in [1.165, 1.54) is 0 Å². The molecule has 2 aliphatic rings. The SMILES string of the molecule is Cc1ccc(O[C@@H]([Si])[C@@H]2CCN2C)cc1C(=O)NC1(c2cc(-c3ccc(Cl)s3)cc3ncccc23)CC1. The average Bonchev–Trinajstić information content (AvgIpc) is 3.52. The molecule has 6 rings (SSSR count). The van der Waals surface area contributed by atoms with Crippen molar-refractivity contribution in [2.24, 2.45) is 0 Å². The molecule has 4 aromatic rings. The predicted molar refractivity (Wildman–Crippen MR) is 151 cm³/mol. The summed E-state index contributed by atoms with van der Waals surface area (Å²) in [5, 5.41) is 4.45. The number of aryl methyl sites for hydroxylation is 1. The molecule has 2 aromatic carbocycles. The van der Waals surface area contributed by atoms with Gasteiger partial charge >= 0.3 is 0 Å². The Hall–Kier alpha value is -2.71. The summed E-state index contributed by atoms with van der Waals surface area (Å²) in [6.07, 6.45) is 4.66. The third-order valence-electron chi connectivity index (χ3n) is 7.61. The molecule has 2 fully saturated rings. The second-order valence-corrected chi connectivity index (χ2v) is 12.4. The van der Waals surface area contributed by atoms with Gasteiger partial charge in [-0.05, 0) is 98.9 Å². The first-order valence-corrected chi connectivity index (χ1v) is 14.3. The number of likely N-dealkylation sites (N-methyl/N-ethyl adjacent to an activating group) is 1. The smallest absolute Gasteiger partial charge is 0.252 e. The maximum Gasteiger partial charge on any atom is 0.252 e. The highest BCUT2D eigenvalue weighted by Crippen LogP contribution is 2.49. The minimum absolute atomic E-state index is 0.0895. The number of nitrogens with one attached hydrogen (secondary N) is 1. The van der Waals surface area contributed by atoms with Gasteiger partial charge in [0.1, 0.15) is 5.75 Å². The quantitative estimate of drug-likeness (QED) is 0.293. The van der Waals surface area contributed by atoms with Gasteiger partial charge in [-0.2, -0.15) is 0 Å². The fourth-order valence-electron chi connectivity index (χ4n) is 5.12. The molecule has 1 N–H and O–H groups in total. The van der Waals surface area contributed by atoms with Crippen LogP contribution in [0.3, 0.4) is 0 Å². The molecule has 0 spiro atoms. The average molecular weight is 545 g/mol. The minimum Gasteiger partial charge on any atom is -0.493 e. The fraction of sp³-hybridized carbons (Fsp3) is 0.310. The van der Waals surface area contributed by atoms with Gasteiger partial charge in [0.25, 0.3) is 5.91 Å². The van der Waals surface area contributed by atoms with Crippen molar-refractivity contribution >= 4 is 50.0 Å². The number of likely N-dealkylation sites (tertiary alicyclic amines) is 1. The summed E-state index contributed by atoms with van der Waals surface area (Å²) in [4.78, 5) is 21.6. The lowest BCUT2D eigenvalue weighted by Gasteiger charge is -2.41. The van der Waals surface area contributed by atoms with E-state index in [2.05, 4.69) is 50.7 Å². The van der Waals surface area contributed by atoms with Gasteiger partial charge in [0.15, 0.2) is 0 Å². The van der Waals surface area contributed by atoms with Crippen LogP contribution in [0.2, 0.25) is 4.34 Å². The van der Waals surface area contributed by atoms with Crippen LogP contribution in [0.1, 0.15) is 40.7 Å². The number of thiophene rings is 1. The van der Waals surface area contributed by atoms with Crippen LogP contribution in [-0.2, 0) is 5.54 Å². The maximum atomic E-state index is 13.7. The molecule has 3 heterocycles. The molecule has 0 bridgehead atoms. The molecular weight excluding hydrogens is 518 g/mol. The topological polar surface area (TPSA) is 54.5 Å². The summed E-state index contributed by atoms with van der Waals surface area (Å²) in [7, 11) is 5.82. The summed E-state index contributed by atoms with van der Waals surface area (Å²) < 4.78 is 6.91. The van der Waals surface area contributed by atoms with Crippen molar-refractivity contribution in [2.75, 3.05) is 13.6 Å². The molecule has 3 radical (unpaired) electrons. The molecule has 8 heteroatoms. The normalized spacial score (nSPS) is 19.3. The summed E-state index contributed by atoms with van der Waals surface area (Å²) in [5.74, 6) is 0.598. The van der Waals surface area contributed by atoms with Crippen LogP contribution in [0.25, 0.3) is 21.3 Å². The zero-order chi connectivity index (χ0) is 25.7. The number of pyridine rings is 1. The van der Waals surface area contributed by atoms with Crippen LogP contribution < -0.4 is 10.1 Å². The van der Waals surface area contributed by atoms with Crippen molar-refractivity contribution in [2.45, 2.75) is 43.5 Å². The molecule has 1 aliphatic carbocycles. The van der Waals surface area contributed by atoms with E-state index in [1.807, 2.05) is 49.5 Å². The number of carbonyl (C=O) groups excluding carboxylic acids is 1. The second-order valence-electron chi connectivity index (χ2n) is 10.1. The Labute approximate surface area is 229 Å². The molecule has 0 unspecified atom stereocenters. The van der Waals surface area contributed by atoms with Crippen molar-refractivity contribution in [3.8, 4) is 16.2 Å². The van der Waals surface area contributed by atoms with Crippen molar-refractivity contribution < 1.29 is 9.53 Å². The predicted octanol–water partition coefficient (Wildman–Crippen LogP) is 5.92. The number of benzene rings is 2. The van der Waals surface area contributed by atoms with Crippen LogP contribution >= 0.6 is 22.9 Å². The first kappa shape index (κ1) is 24.6. The first-order valence-electron chi connectivity index (χ1n) is 12.5. The van der Waals surface area contributed by atoms with Crippen LogP contribution in [0.15, 0.2) is 60.8 Å². The third kappa shape index (κ3) is 4.70. The lowest BCUT2D eigenvalue weighted by molar-refractivity contribution is 0.0562.